The minimum Gasteiger partial charge on any atom is -0.444 e. The van der Waals surface area contributed by atoms with Crippen LogP contribution in [0.4, 0.5) is 4.79 Å². The molecule has 4 amide bonds. The summed E-state index contributed by atoms with van der Waals surface area (Å²) in [6.07, 6.45) is 6.63. The lowest BCUT2D eigenvalue weighted by molar-refractivity contribution is -0.148. The predicted molar refractivity (Wildman–Crippen MR) is 136 cm³/mol. The van der Waals surface area contributed by atoms with E-state index in [9.17, 15) is 19.2 Å². The van der Waals surface area contributed by atoms with Crippen LogP contribution in [0.25, 0.3) is 0 Å². The molecule has 2 unspecified atom stereocenters. The highest BCUT2D eigenvalue weighted by molar-refractivity contribution is 5.95. The van der Waals surface area contributed by atoms with Crippen molar-refractivity contribution in [3.63, 3.8) is 0 Å². The summed E-state index contributed by atoms with van der Waals surface area (Å²) in [4.78, 5) is 53.6. The molecule has 1 saturated carbocycles. The van der Waals surface area contributed by atoms with Crippen LogP contribution in [-0.2, 0) is 19.1 Å². The molecule has 1 aromatic carbocycles. The van der Waals surface area contributed by atoms with E-state index in [0.717, 1.165) is 6.42 Å². The predicted octanol–water partition coefficient (Wildman–Crippen LogP) is 2.77. The van der Waals surface area contributed by atoms with Gasteiger partial charge < -0.3 is 26.0 Å². The van der Waals surface area contributed by atoms with Crippen LogP contribution in [0.3, 0.4) is 0 Å². The number of rotatable bonds is 8. The zero-order valence-electron chi connectivity index (χ0n) is 22.0. The molecule has 0 aromatic heterocycles. The first-order chi connectivity index (χ1) is 16.6. The maximum absolute atomic E-state index is 14.0. The summed E-state index contributed by atoms with van der Waals surface area (Å²) in [5.41, 5.74) is 4.97. The van der Waals surface area contributed by atoms with Crippen molar-refractivity contribution in [2.45, 2.75) is 96.5 Å². The Kier molecular flexibility index (Phi) is 9.14. The van der Waals surface area contributed by atoms with E-state index >= 15 is 0 Å². The number of ether oxygens (including phenoxy) is 1. The topological polar surface area (TPSA) is 131 Å². The van der Waals surface area contributed by atoms with Gasteiger partial charge in [0.15, 0.2) is 0 Å². The maximum Gasteiger partial charge on any atom is 0.408 e. The first-order valence-electron chi connectivity index (χ1n) is 12.1. The fourth-order valence-corrected chi connectivity index (χ4v) is 3.94. The second kappa shape index (κ2) is 11.5. The zero-order valence-corrected chi connectivity index (χ0v) is 22.0. The molecule has 1 aliphatic rings. The van der Waals surface area contributed by atoms with E-state index < -0.39 is 53.5 Å². The summed E-state index contributed by atoms with van der Waals surface area (Å²) in [6, 6.07) is 4.24. The lowest BCUT2D eigenvalue weighted by atomic mass is 9.87. The summed E-state index contributed by atoms with van der Waals surface area (Å²) in [6.45, 7) is 10.6. The van der Waals surface area contributed by atoms with Crippen molar-refractivity contribution in [2.24, 2.45) is 5.73 Å². The molecule has 0 spiro atoms. The third kappa shape index (κ3) is 8.01. The minimum atomic E-state index is -1.32. The summed E-state index contributed by atoms with van der Waals surface area (Å²) in [7, 11) is 0. The third-order valence-electron chi connectivity index (χ3n) is 5.55. The standard InChI is InChI=1S/C27H38N4O5/c1-8-17-12-9-10-15-19(17)22(23(33)30-26(2,3)4)31(18-13-11-14-18)24(34)20(16-21(28)32)29-25(35)36-27(5,6)7/h1,9-10,12,15,18,20,22H,11,13-14,16H2,2-7H3,(H2,28,32)(H,29,35)(H,30,33). The van der Waals surface area contributed by atoms with Crippen molar-refractivity contribution < 1.29 is 23.9 Å². The molecule has 4 N–H and O–H groups in total. The number of hydrogen-bond acceptors (Lipinski definition) is 5. The molecular weight excluding hydrogens is 460 g/mol. The van der Waals surface area contributed by atoms with Crippen molar-refractivity contribution in [1.29, 1.82) is 0 Å². The van der Waals surface area contributed by atoms with Crippen LogP contribution >= 0.6 is 0 Å². The highest BCUT2D eigenvalue weighted by Gasteiger charge is 2.43. The van der Waals surface area contributed by atoms with E-state index in [2.05, 4.69) is 16.6 Å². The molecule has 0 aliphatic heterocycles. The van der Waals surface area contributed by atoms with Crippen LogP contribution in [0.5, 0.6) is 0 Å². The highest BCUT2D eigenvalue weighted by atomic mass is 16.6. The van der Waals surface area contributed by atoms with Crippen LogP contribution in [0.1, 0.15) is 84.4 Å². The molecular formula is C27H38N4O5. The van der Waals surface area contributed by atoms with Gasteiger partial charge >= 0.3 is 6.09 Å². The average molecular weight is 499 g/mol. The Bertz CT molecular complexity index is 1030. The summed E-state index contributed by atoms with van der Waals surface area (Å²) < 4.78 is 5.30. The molecule has 1 aliphatic carbocycles. The second-order valence-corrected chi connectivity index (χ2v) is 11.1. The van der Waals surface area contributed by atoms with Crippen molar-refractivity contribution in [1.82, 2.24) is 15.5 Å². The van der Waals surface area contributed by atoms with Gasteiger partial charge in [-0.25, -0.2) is 4.79 Å². The summed E-state index contributed by atoms with van der Waals surface area (Å²) in [5, 5.41) is 5.44. The van der Waals surface area contributed by atoms with Gasteiger partial charge in [-0.05, 0) is 72.4 Å². The molecule has 36 heavy (non-hydrogen) atoms. The lowest BCUT2D eigenvalue weighted by Crippen LogP contribution is -2.59. The lowest BCUT2D eigenvalue weighted by Gasteiger charge is -2.44. The quantitative estimate of drug-likeness (QED) is 0.475. The highest BCUT2D eigenvalue weighted by Crippen LogP contribution is 2.35. The van der Waals surface area contributed by atoms with Crippen molar-refractivity contribution in [3.8, 4) is 12.3 Å². The van der Waals surface area contributed by atoms with Crippen LogP contribution in [0.15, 0.2) is 24.3 Å². The van der Waals surface area contributed by atoms with Crippen LogP contribution in [0.2, 0.25) is 0 Å². The van der Waals surface area contributed by atoms with Gasteiger partial charge in [0, 0.05) is 17.1 Å². The fourth-order valence-electron chi connectivity index (χ4n) is 3.94. The van der Waals surface area contributed by atoms with E-state index in [-0.39, 0.29) is 6.04 Å². The van der Waals surface area contributed by atoms with Gasteiger partial charge in [-0.1, -0.05) is 24.1 Å². The molecule has 2 atom stereocenters. The third-order valence-corrected chi connectivity index (χ3v) is 5.55. The largest absolute Gasteiger partial charge is 0.444 e. The van der Waals surface area contributed by atoms with Crippen LogP contribution in [0, 0.1) is 12.3 Å². The van der Waals surface area contributed by atoms with Gasteiger partial charge in [-0.2, -0.15) is 0 Å². The molecule has 1 fully saturated rings. The molecule has 196 valence electrons. The Balaban J connectivity index is 2.58. The Hall–Kier alpha value is -3.54. The van der Waals surface area contributed by atoms with Crippen LogP contribution < -0.4 is 16.4 Å². The molecule has 9 nitrogen and oxygen atoms in total. The number of benzene rings is 1. The van der Waals surface area contributed by atoms with Crippen molar-refractivity contribution >= 4 is 23.8 Å². The minimum absolute atomic E-state index is 0.283. The van der Waals surface area contributed by atoms with Crippen LogP contribution in [-0.4, -0.2) is 51.9 Å². The van der Waals surface area contributed by atoms with E-state index in [4.69, 9.17) is 16.9 Å². The number of alkyl carbamates (subject to hydrolysis) is 1. The zero-order chi connectivity index (χ0) is 27.3. The smallest absolute Gasteiger partial charge is 0.408 e. The molecule has 0 bridgehead atoms. The Labute approximate surface area is 213 Å². The Morgan fingerprint density at radius 1 is 1.14 bits per heavy atom. The number of nitrogens with zero attached hydrogens (tertiary/aromatic N) is 1. The van der Waals surface area contributed by atoms with Gasteiger partial charge in [0.1, 0.15) is 17.7 Å². The number of primary amides is 1. The summed E-state index contributed by atoms with van der Waals surface area (Å²) >= 11 is 0. The fraction of sp³-hybridized carbons (Fsp3) is 0.556. The normalized spacial score (nSPS) is 15.5. The van der Waals surface area contributed by atoms with E-state index in [1.807, 2.05) is 20.8 Å². The van der Waals surface area contributed by atoms with Gasteiger partial charge in [-0.15, -0.1) is 6.42 Å². The molecule has 1 aromatic rings. The SMILES string of the molecule is C#Cc1ccccc1C(C(=O)NC(C)(C)C)N(C(=O)C(CC(N)=O)NC(=O)OC(C)(C)C)C1CCC1. The molecule has 0 saturated heterocycles. The van der Waals surface area contributed by atoms with Crippen molar-refractivity contribution in [2.75, 3.05) is 0 Å². The number of carbonyl (C=O) groups is 4. The monoisotopic (exact) mass is 498 g/mol. The van der Waals surface area contributed by atoms with E-state index in [1.54, 1.807) is 45.0 Å². The van der Waals surface area contributed by atoms with E-state index in [1.165, 1.54) is 4.90 Å². The number of nitrogens with one attached hydrogen (secondary N) is 2. The number of nitrogens with two attached hydrogens (primary N) is 1. The molecule has 0 heterocycles. The molecule has 2 rings (SSSR count). The van der Waals surface area contributed by atoms with E-state index in [0.29, 0.717) is 24.0 Å². The number of hydrogen-bond donors (Lipinski definition) is 3. The first kappa shape index (κ1) is 28.7. The number of terminal acetylenes is 1. The van der Waals surface area contributed by atoms with Gasteiger partial charge in [0.05, 0.1) is 6.42 Å². The van der Waals surface area contributed by atoms with Gasteiger partial charge in [-0.3, -0.25) is 14.4 Å². The Morgan fingerprint density at radius 2 is 1.75 bits per heavy atom. The summed E-state index contributed by atoms with van der Waals surface area (Å²) in [5.74, 6) is 0.798. The average Bonchev–Trinajstić information content (AvgIpc) is 2.68. The van der Waals surface area contributed by atoms with Crippen molar-refractivity contribution in [3.05, 3.63) is 35.4 Å². The molecule has 9 heteroatoms. The number of carbonyl (C=O) groups excluding carboxylic acids is 4. The maximum atomic E-state index is 14.0. The Morgan fingerprint density at radius 3 is 2.22 bits per heavy atom. The first-order valence-corrected chi connectivity index (χ1v) is 12.1. The van der Waals surface area contributed by atoms with Gasteiger partial charge in [0.2, 0.25) is 17.7 Å². The van der Waals surface area contributed by atoms with Gasteiger partial charge in [0.25, 0.3) is 0 Å². The second-order valence-electron chi connectivity index (χ2n) is 11.1. The number of amides is 4. The molecule has 0 radical (unpaired) electrons.